The molecule has 0 amide bonds. The van der Waals surface area contributed by atoms with Crippen molar-refractivity contribution in [3.8, 4) is 0 Å². The molecule has 3 rings (SSSR count). The number of rotatable bonds is 4. The van der Waals surface area contributed by atoms with E-state index in [0.29, 0.717) is 18.0 Å². The average molecular weight is 232 g/mol. The van der Waals surface area contributed by atoms with Gasteiger partial charge in [-0.1, -0.05) is 0 Å². The summed E-state index contributed by atoms with van der Waals surface area (Å²) >= 11 is 0. The Kier molecular flexibility index (Phi) is 2.97. The summed E-state index contributed by atoms with van der Waals surface area (Å²) in [6.45, 7) is 0. The van der Waals surface area contributed by atoms with Crippen molar-refractivity contribution in [2.75, 3.05) is 12.4 Å². The van der Waals surface area contributed by atoms with E-state index in [1.807, 2.05) is 13.2 Å². The third-order valence-corrected chi connectivity index (χ3v) is 3.85. The van der Waals surface area contributed by atoms with Crippen LogP contribution in [-0.2, 0) is 0 Å². The molecule has 2 aliphatic carbocycles. The Morgan fingerprint density at radius 1 is 1.18 bits per heavy atom. The van der Waals surface area contributed by atoms with Crippen molar-refractivity contribution in [3.05, 3.63) is 18.0 Å². The van der Waals surface area contributed by atoms with Crippen LogP contribution >= 0.6 is 0 Å². The second-order valence-electron chi connectivity index (χ2n) is 5.22. The van der Waals surface area contributed by atoms with Gasteiger partial charge < -0.3 is 10.6 Å². The molecular weight excluding hydrogens is 212 g/mol. The fourth-order valence-corrected chi connectivity index (χ4v) is 2.59. The van der Waals surface area contributed by atoms with Crippen molar-refractivity contribution < 1.29 is 0 Å². The highest BCUT2D eigenvalue weighted by molar-refractivity contribution is 5.30. The van der Waals surface area contributed by atoms with Crippen LogP contribution in [0.2, 0.25) is 0 Å². The molecule has 0 radical (unpaired) electrons. The Labute approximate surface area is 102 Å². The van der Waals surface area contributed by atoms with Crippen LogP contribution in [-0.4, -0.2) is 29.1 Å². The molecule has 0 bridgehead atoms. The number of nitrogens with zero attached hydrogens (tertiary/aromatic N) is 2. The van der Waals surface area contributed by atoms with Crippen LogP contribution in [0.3, 0.4) is 0 Å². The minimum absolute atomic E-state index is 0.607. The second-order valence-corrected chi connectivity index (χ2v) is 5.22. The fraction of sp³-hybridized carbons (Fsp3) is 0.692. The minimum atomic E-state index is 0.607. The predicted octanol–water partition coefficient (Wildman–Crippen LogP) is 1.91. The molecule has 1 heterocycles. The van der Waals surface area contributed by atoms with E-state index >= 15 is 0 Å². The van der Waals surface area contributed by atoms with Gasteiger partial charge in [0.2, 0.25) is 5.95 Å². The van der Waals surface area contributed by atoms with Gasteiger partial charge in [0, 0.05) is 29.9 Å². The Morgan fingerprint density at radius 3 is 2.71 bits per heavy atom. The smallest absolute Gasteiger partial charge is 0.223 e. The van der Waals surface area contributed by atoms with E-state index in [-0.39, 0.29) is 0 Å². The molecule has 1 aromatic rings. The number of anilines is 1. The molecule has 1 aromatic heterocycles. The van der Waals surface area contributed by atoms with E-state index in [0.717, 1.165) is 5.95 Å². The molecule has 2 aliphatic rings. The van der Waals surface area contributed by atoms with E-state index in [9.17, 15) is 0 Å². The first-order chi connectivity index (χ1) is 8.35. The van der Waals surface area contributed by atoms with Crippen LogP contribution in [0.25, 0.3) is 0 Å². The summed E-state index contributed by atoms with van der Waals surface area (Å²) in [6, 6.07) is 3.36. The molecular formula is C13H20N4. The van der Waals surface area contributed by atoms with Crippen molar-refractivity contribution in [3.63, 3.8) is 0 Å². The van der Waals surface area contributed by atoms with E-state index in [4.69, 9.17) is 0 Å². The molecule has 0 aromatic carbocycles. The molecule has 0 aliphatic heterocycles. The molecule has 2 fully saturated rings. The van der Waals surface area contributed by atoms with Gasteiger partial charge in [-0.3, -0.25) is 0 Å². The number of hydrogen-bond acceptors (Lipinski definition) is 4. The zero-order chi connectivity index (χ0) is 11.7. The van der Waals surface area contributed by atoms with Crippen LogP contribution in [0.5, 0.6) is 0 Å². The van der Waals surface area contributed by atoms with Gasteiger partial charge in [-0.05, 0) is 45.2 Å². The van der Waals surface area contributed by atoms with E-state index < -0.39 is 0 Å². The number of aromatic nitrogens is 2. The predicted molar refractivity (Wildman–Crippen MR) is 68.1 cm³/mol. The summed E-state index contributed by atoms with van der Waals surface area (Å²) in [5.41, 5.74) is 1.21. The Balaban J connectivity index is 1.69. The van der Waals surface area contributed by atoms with Crippen LogP contribution in [0.15, 0.2) is 12.3 Å². The van der Waals surface area contributed by atoms with Gasteiger partial charge in [0.25, 0.3) is 0 Å². The lowest BCUT2D eigenvalue weighted by atomic mass is 10.0. The van der Waals surface area contributed by atoms with Crippen LogP contribution in [0.4, 0.5) is 5.95 Å². The zero-order valence-corrected chi connectivity index (χ0v) is 10.3. The summed E-state index contributed by atoms with van der Waals surface area (Å²) in [6.07, 6.45) is 8.12. The molecule has 17 heavy (non-hydrogen) atoms. The average Bonchev–Trinajstić information content (AvgIpc) is 3.04. The van der Waals surface area contributed by atoms with Gasteiger partial charge >= 0.3 is 0 Å². The molecule has 0 saturated heterocycles. The maximum Gasteiger partial charge on any atom is 0.223 e. The summed E-state index contributed by atoms with van der Waals surface area (Å²) in [5.74, 6) is 1.42. The van der Waals surface area contributed by atoms with Crippen molar-refractivity contribution in [1.82, 2.24) is 15.3 Å². The minimum Gasteiger partial charge on any atom is -0.351 e. The van der Waals surface area contributed by atoms with Crippen LogP contribution in [0, 0.1) is 0 Å². The molecule has 2 saturated carbocycles. The molecule has 2 N–H and O–H groups in total. The van der Waals surface area contributed by atoms with Crippen molar-refractivity contribution in [2.45, 2.75) is 50.1 Å². The first-order valence-electron chi connectivity index (χ1n) is 6.62. The van der Waals surface area contributed by atoms with Crippen molar-refractivity contribution in [2.24, 2.45) is 0 Å². The SMILES string of the molecule is CN[C@H]1CCC(c2ccnc(NC3CC3)n2)C1. The summed E-state index contributed by atoms with van der Waals surface area (Å²) < 4.78 is 0. The largest absolute Gasteiger partial charge is 0.351 e. The summed E-state index contributed by atoms with van der Waals surface area (Å²) in [4.78, 5) is 8.95. The highest BCUT2D eigenvalue weighted by atomic mass is 15.1. The number of nitrogens with one attached hydrogen (secondary N) is 2. The van der Waals surface area contributed by atoms with Crippen molar-refractivity contribution in [1.29, 1.82) is 0 Å². The zero-order valence-electron chi connectivity index (χ0n) is 10.3. The molecule has 4 nitrogen and oxygen atoms in total. The first-order valence-corrected chi connectivity index (χ1v) is 6.62. The third kappa shape index (κ3) is 2.57. The lowest BCUT2D eigenvalue weighted by Gasteiger charge is -2.11. The van der Waals surface area contributed by atoms with Crippen LogP contribution < -0.4 is 10.6 Å². The van der Waals surface area contributed by atoms with E-state index in [1.54, 1.807) is 0 Å². The highest BCUT2D eigenvalue weighted by Gasteiger charge is 2.26. The second kappa shape index (κ2) is 4.61. The lowest BCUT2D eigenvalue weighted by molar-refractivity contribution is 0.569. The van der Waals surface area contributed by atoms with Gasteiger partial charge in [-0.15, -0.1) is 0 Å². The normalized spacial score (nSPS) is 28.3. The van der Waals surface area contributed by atoms with Gasteiger partial charge in [0.1, 0.15) is 0 Å². The first kappa shape index (κ1) is 11.0. The summed E-state index contributed by atoms with van der Waals surface area (Å²) in [7, 11) is 2.05. The maximum atomic E-state index is 4.65. The van der Waals surface area contributed by atoms with E-state index in [2.05, 4.69) is 26.7 Å². The fourth-order valence-electron chi connectivity index (χ4n) is 2.59. The Morgan fingerprint density at radius 2 is 2.00 bits per heavy atom. The Hall–Kier alpha value is -1.16. The molecule has 4 heteroatoms. The monoisotopic (exact) mass is 232 g/mol. The molecule has 0 spiro atoms. The van der Waals surface area contributed by atoms with Crippen molar-refractivity contribution >= 4 is 5.95 Å². The van der Waals surface area contributed by atoms with Gasteiger partial charge in [0.15, 0.2) is 0 Å². The summed E-state index contributed by atoms with van der Waals surface area (Å²) in [5, 5.41) is 6.73. The maximum absolute atomic E-state index is 4.65. The molecule has 1 unspecified atom stereocenters. The van der Waals surface area contributed by atoms with Gasteiger partial charge in [-0.25, -0.2) is 9.97 Å². The third-order valence-electron chi connectivity index (χ3n) is 3.85. The molecule has 2 atom stereocenters. The van der Waals surface area contributed by atoms with E-state index in [1.165, 1.54) is 37.8 Å². The standard InChI is InChI=1S/C13H20N4/c1-14-11-3-2-9(8-11)12-6-7-15-13(17-12)16-10-4-5-10/h6-7,9-11,14H,2-5,8H2,1H3,(H,15,16,17)/t9?,11-/m0/s1. The van der Waals surface area contributed by atoms with Crippen LogP contribution in [0.1, 0.15) is 43.7 Å². The lowest BCUT2D eigenvalue weighted by Crippen LogP contribution is -2.21. The Bertz CT molecular complexity index is 389. The molecule has 92 valence electrons. The van der Waals surface area contributed by atoms with Gasteiger partial charge in [0.05, 0.1) is 0 Å². The topological polar surface area (TPSA) is 49.8 Å². The highest BCUT2D eigenvalue weighted by Crippen LogP contribution is 2.33. The van der Waals surface area contributed by atoms with Gasteiger partial charge in [-0.2, -0.15) is 0 Å². The number of hydrogen-bond donors (Lipinski definition) is 2. The quantitative estimate of drug-likeness (QED) is 0.832.